The third-order valence-electron chi connectivity index (χ3n) is 2.12. The van der Waals surface area contributed by atoms with Crippen molar-refractivity contribution < 1.29 is 9.50 Å². The van der Waals surface area contributed by atoms with Gasteiger partial charge in [-0.05, 0) is 12.1 Å². The van der Waals surface area contributed by atoms with Crippen LogP contribution in [0.3, 0.4) is 0 Å². The molecule has 2 rings (SSSR count). The van der Waals surface area contributed by atoms with Gasteiger partial charge < -0.3 is 15.4 Å². The van der Waals surface area contributed by atoms with Gasteiger partial charge in [0, 0.05) is 18.6 Å². The van der Waals surface area contributed by atoms with Crippen LogP contribution in [0.2, 0.25) is 0 Å². The van der Waals surface area contributed by atoms with Gasteiger partial charge in [-0.2, -0.15) is 0 Å². The third-order valence-corrected chi connectivity index (χ3v) is 2.12. The molecule has 0 aliphatic carbocycles. The topological polar surface area (TPSA) is 51.2 Å². The number of hydrogen-bond acceptors (Lipinski definition) is 2. The molecule has 1 aromatic carbocycles. The van der Waals surface area contributed by atoms with Gasteiger partial charge in [-0.15, -0.1) is 0 Å². The molecule has 0 fully saturated rings. The maximum Gasteiger partial charge on any atom is 0.176 e. The first-order valence-corrected chi connectivity index (χ1v) is 3.83. The van der Waals surface area contributed by atoms with E-state index in [2.05, 4.69) is 0 Å². The number of nitrogens with zero attached hydrogens (tertiary/aromatic N) is 1. The molecule has 0 aliphatic rings. The van der Waals surface area contributed by atoms with Gasteiger partial charge in [-0.3, -0.25) is 0 Å². The molecule has 0 bridgehead atoms. The Bertz CT molecular complexity index is 476. The summed E-state index contributed by atoms with van der Waals surface area (Å²) in [5, 5.41) is 9.92. The summed E-state index contributed by atoms with van der Waals surface area (Å²) in [4.78, 5) is 0. The molecule has 0 saturated carbocycles. The van der Waals surface area contributed by atoms with Gasteiger partial charge >= 0.3 is 0 Å². The van der Waals surface area contributed by atoms with Crippen LogP contribution in [0.4, 0.5) is 10.1 Å². The fourth-order valence-corrected chi connectivity index (χ4v) is 1.46. The van der Waals surface area contributed by atoms with Crippen molar-refractivity contribution in [3.63, 3.8) is 0 Å². The zero-order chi connectivity index (χ0) is 9.59. The van der Waals surface area contributed by atoms with Crippen molar-refractivity contribution in [2.75, 3.05) is 5.73 Å². The first kappa shape index (κ1) is 7.91. The lowest BCUT2D eigenvalue weighted by Crippen LogP contribution is -1.94. The molecule has 0 saturated heterocycles. The minimum Gasteiger partial charge on any atom is -0.503 e. The summed E-state index contributed by atoms with van der Waals surface area (Å²) in [5.74, 6) is -1.16. The molecule has 2 aromatic rings. The summed E-state index contributed by atoms with van der Waals surface area (Å²) in [6.45, 7) is 0. The maximum absolute atomic E-state index is 13.0. The molecule has 0 spiro atoms. The number of nitrogens with two attached hydrogens (primary N) is 1. The predicted molar refractivity (Wildman–Crippen MR) is 49.0 cm³/mol. The predicted octanol–water partition coefficient (Wildman–Crippen LogP) is 1.61. The van der Waals surface area contributed by atoms with E-state index in [1.54, 1.807) is 23.9 Å². The summed E-state index contributed by atoms with van der Waals surface area (Å²) in [7, 11) is 1.79. The van der Waals surface area contributed by atoms with E-state index in [9.17, 15) is 9.50 Å². The molecule has 1 aromatic heterocycles. The number of fused-ring (bicyclic) bond motifs is 1. The van der Waals surface area contributed by atoms with Crippen LogP contribution in [0.5, 0.6) is 5.75 Å². The molecule has 68 valence electrons. The lowest BCUT2D eigenvalue weighted by Gasteiger charge is -2.04. The van der Waals surface area contributed by atoms with Gasteiger partial charge in [0.05, 0.1) is 5.52 Å². The second-order valence-electron chi connectivity index (χ2n) is 2.99. The fraction of sp³-hybridized carbons (Fsp3) is 0.111. The first-order valence-electron chi connectivity index (χ1n) is 3.83. The standard InChI is InChI=1S/C9H9FN2O/c1-12-3-2-5-4-6(10)9(13)7(11)8(5)12/h2-4,13H,11H2,1H3. The molecular formula is C9H9FN2O. The lowest BCUT2D eigenvalue weighted by molar-refractivity contribution is 0.436. The SMILES string of the molecule is Cn1ccc2cc(F)c(O)c(N)c21. The van der Waals surface area contributed by atoms with Crippen molar-refractivity contribution in [3.8, 4) is 5.75 Å². The molecule has 13 heavy (non-hydrogen) atoms. The Labute approximate surface area is 74.2 Å². The fourth-order valence-electron chi connectivity index (χ4n) is 1.46. The summed E-state index contributed by atoms with van der Waals surface area (Å²) < 4.78 is 14.7. The van der Waals surface area contributed by atoms with Gasteiger partial charge in [-0.1, -0.05) is 0 Å². The van der Waals surface area contributed by atoms with E-state index in [1.165, 1.54) is 6.07 Å². The highest BCUT2D eigenvalue weighted by Gasteiger charge is 2.11. The summed E-state index contributed by atoms with van der Waals surface area (Å²) in [6.07, 6.45) is 1.76. The molecule has 0 radical (unpaired) electrons. The number of hydrogen-bond donors (Lipinski definition) is 2. The largest absolute Gasteiger partial charge is 0.503 e. The van der Waals surface area contributed by atoms with E-state index in [4.69, 9.17) is 5.73 Å². The number of halogens is 1. The Morgan fingerprint density at radius 2 is 2.23 bits per heavy atom. The molecular weight excluding hydrogens is 171 g/mol. The van der Waals surface area contributed by atoms with Gasteiger partial charge in [0.1, 0.15) is 5.69 Å². The highest BCUT2D eigenvalue weighted by atomic mass is 19.1. The Hall–Kier alpha value is -1.71. The van der Waals surface area contributed by atoms with Gasteiger partial charge in [0.2, 0.25) is 0 Å². The molecule has 0 unspecified atom stereocenters. The maximum atomic E-state index is 13.0. The minimum absolute atomic E-state index is 0.0856. The molecule has 0 atom stereocenters. The molecule has 1 heterocycles. The Balaban J connectivity index is 2.97. The molecule has 3 nitrogen and oxygen atoms in total. The van der Waals surface area contributed by atoms with Crippen molar-refractivity contribution in [3.05, 3.63) is 24.1 Å². The van der Waals surface area contributed by atoms with Crippen LogP contribution in [-0.2, 0) is 7.05 Å². The Morgan fingerprint density at radius 3 is 2.92 bits per heavy atom. The summed E-state index contributed by atoms with van der Waals surface area (Å²) in [5.41, 5.74) is 6.29. The van der Waals surface area contributed by atoms with Gasteiger partial charge in [0.25, 0.3) is 0 Å². The second-order valence-corrected chi connectivity index (χ2v) is 2.99. The normalized spacial score (nSPS) is 10.9. The molecule has 0 amide bonds. The summed E-state index contributed by atoms with van der Waals surface area (Å²) >= 11 is 0. The number of aromatic hydroxyl groups is 1. The minimum atomic E-state index is -0.684. The smallest absolute Gasteiger partial charge is 0.176 e. The number of nitrogen functional groups attached to an aromatic ring is 1. The van der Waals surface area contributed by atoms with Crippen LogP contribution < -0.4 is 5.73 Å². The average molecular weight is 180 g/mol. The van der Waals surface area contributed by atoms with Crippen molar-refractivity contribution in [2.24, 2.45) is 7.05 Å². The molecule has 4 heteroatoms. The number of aryl methyl sites for hydroxylation is 1. The monoisotopic (exact) mass is 180 g/mol. The number of anilines is 1. The second kappa shape index (κ2) is 2.39. The average Bonchev–Trinajstić information content (AvgIpc) is 2.43. The van der Waals surface area contributed by atoms with E-state index in [0.29, 0.717) is 10.9 Å². The van der Waals surface area contributed by atoms with E-state index < -0.39 is 11.6 Å². The number of phenolic OH excluding ortho intramolecular Hbond substituents is 1. The van der Waals surface area contributed by atoms with Gasteiger partial charge in [0.15, 0.2) is 11.6 Å². The van der Waals surface area contributed by atoms with Crippen LogP contribution in [0.25, 0.3) is 10.9 Å². The van der Waals surface area contributed by atoms with Crippen molar-refractivity contribution >= 4 is 16.6 Å². The number of aromatic nitrogens is 1. The molecule has 0 aliphatic heterocycles. The van der Waals surface area contributed by atoms with Crippen LogP contribution in [0.1, 0.15) is 0 Å². The van der Waals surface area contributed by atoms with Crippen molar-refractivity contribution in [2.45, 2.75) is 0 Å². The third kappa shape index (κ3) is 0.950. The van der Waals surface area contributed by atoms with Gasteiger partial charge in [-0.25, -0.2) is 4.39 Å². The zero-order valence-electron chi connectivity index (χ0n) is 7.08. The molecule has 3 N–H and O–H groups in total. The van der Waals surface area contributed by atoms with Crippen LogP contribution >= 0.6 is 0 Å². The number of phenols is 1. The van der Waals surface area contributed by atoms with Crippen LogP contribution in [0.15, 0.2) is 18.3 Å². The van der Waals surface area contributed by atoms with E-state index in [1.807, 2.05) is 0 Å². The highest BCUT2D eigenvalue weighted by molar-refractivity contribution is 5.93. The first-order chi connectivity index (χ1) is 6.11. The number of benzene rings is 1. The summed E-state index contributed by atoms with van der Waals surface area (Å²) in [6, 6.07) is 3.01. The lowest BCUT2D eigenvalue weighted by atomic mass is 10.2. The van der Waals surface area contributed by atoms with Crippen LogP contribution in [-0.4, -0.2) is 9.67 Å². The van der Waals surface area contributed by atoms with E-state index in [-0.39, 0.29) is 5.69 Å². The highest BCUT2D eigenvalue weighted by Crippen LogP contribution is 2.32. The van der Waals surface area contributed by atoms with Crippen molar-refractivity contribution in [1.82, 2.24) is 4.57 Å². The Kier molecular flexibility index (Phi) is 1.45. The van der Waals surface area contributed by atoms with Crippen molar-refractivity contribution in [1.29, 1.82) is 0 Å². The van der Waals surface area contributed by atoms with E-state index in [0.717, 1.165) is 0 Å². The Morgan fingerprint density at radius 1 is 1.54 bits per heavy atom. The van der Waals surface area contributed by atoms with E-state index >= 15 is 0 Å². The number of rotatable bonds is 0. The zero-order valence-corrected chi connectivity index (χ0v) is 7.08. The van der Waals surface area contributed by atoms with Crippen LogP contribution in [0, 0.1) is 5.82 Å². The quantitative estimate of drug-likeness (QED) is 0.478.